The van der Waals surface area contributed by atoms with E-state index in [0.29, 0.717) is 21.3 Å². The van der Waals surface area contributed by atoms with Gasteiger partial charge in [0, 0.05) is 48.6 Å². The molecule has 0 unspecified atom stereocenters. The number of benzene rings is 1. The Kier molecular flexibility index (Phi) is 5.77. The Morgan fingerprint density at radius 3 is 2.67 bits per heavy atom. The summed E-state index contributed by atoms with van der Waals surface area (Å²) in [6, 6.07) is 8.83. The summed E-state index contributed by atoms with van der Waals surface area (Å²) in [4.78, 5) is 8.33. The molecule has 4 N–H and O–H groups in total. The van der Waals surface area contributed by atoms with Gasteiger partial charge in [-0.15, -0.1) is 0 Å². The van der Waals surface area contributed by atoms with Crippen molar-refractivity contribution in [1.82, 2.24) is 14.8 Å². The Hall–Kier alpha value is -3.82. The fourth-order valence-electron chi connectivity index (χ4n) is 2.85. The zero-order valence-corrected chi connectivity index (χ0v) is 15.9. The van der Waals surface area contributed by atoms with Crippen molar-refractivity contribution in [2.45, 2.75) is 12.6 Å². The first-order valence-electron chi connectivity index (χ1n) is 8.76. The lowest BCUT2D eigenvalue weighted by molar-refractivity contribution is -0.142. The van der Waals surface area contributed by atoms with Gasteiger partial charge in [-0.25, -0.2) is 4.68 Å². The fourth-order valence-corrected chi connectivity index (χ4v) is 2.85. The number of rotatable bonds is 4. The van der Waals surface area contributed by atoms with Crippen molar-refractivity contribution in [2.24, 2.45) is 10.7 Å². The molecular weight excluding hydrogens is 395 g/mol. The molecule has 0 bridgehead atoms. The third kappa shape index (κ3) is 4.43. The largest absolute Gasteiger partial charge is 0.435 e. The number of nitrogens with one attached hydrogen (secondary N) is 2. The van der Waals surface area contributed by atoms with Crippen molar-refractivity contribution in [3.63, 3.8) is 0 Å². The molecule has 7 nitrogen and oxygen atoms in total. The summed E-state index contributed by atoms with van der Waals surface area (Å²) in [5.74, 6) is -0.254. The van der Waals surface area contributed by atoms with Crippen LogP contribution in [0.25, 0.3) is 16.5 Å². The fraction of sp³-hybridized carbons (Fsp3) is 0.150. The summed E-state index contributed by atoms with van der Waals surface area (Å²) in [5.41, 5.74) is 6.99. The summed E-state index contributed by atoms with van der Waals surface area (Å²) in [7, 11) is 1.63. The van der Waals surface area contributed by atoms with Crippen LogP contribution in [0.3, 0.4) is 0 Å². The molecule has 3 aromatic rings. The molecule has 0 aliphatic carbocycles. The number of nitrogens with two attached hydrogens (primary N) is 1. The third-order valence-corrected chi connectivity index (χ3v) is 4.28. The van der Waals surface area contributed by atoms with E-state index in [4.69, 9.17) is 16.6 Å². The summed E-state index contributed by atoms with van der Waals surface area (Å²) >= 11 is 0. The molecule has 2 aromatic heterocycles. The molecule has 0 saturated heterocycles. The van der Waals surface area contributed by atoms with E-state index in [1.165, 1.54) is 6.20 Å². The predicted octanol–water partition coefficient (Wildman–Crippen LogP) is 3.00. The number of fused-ring (bicyclic) bond motifs is 1. The van der Waals surface area contributed by atoms with Crippen molar-refractivity contribution >= 4 is 28.5 Å². The van der Waals surface area contributed by atoms with E-state index in [2.05, 4.69) is 15.1 Å². The van der Waals surface area contributed by atoms with Crippen LogP contribution in [0, 0.1) is 10.8 Å². The first-order chi connectivity index (χ1) is 14.2. The van der Waals surface area contributed by atoms with Gasteiger partial charge in [-0.3, -0.25) is 20.8 Å². The van der Waals surface area contributed by atoms with Gasteiger partial charge >= 0.3 is 6.18 Å². The van der Waals surface area contributed by atoms with Crippen molar-refractivity contribution in [3.05, 3.63) is 71.1 Å². The van der Waals surface area contributed by atoms with Gasteiger partial charge in [0.15, 0.2) is 5.69 Å². The number of pyridine rings is 1. The van der Waals surface area contributed by atoms with E-state index in [0.717, 1.165) is 23.1 Å². The molecule has 0 saturated carbocycles. The van der Waals surface area contributed by atoms with Gasteiger partial charge in [0.25, 0.3) is 0 Å². The second-order valence-electron chi connectivity index (χ2n) is 6.40. The van der Waals surface area contributed by atoms with Crippen LogP contribution in [0.2, 0.25) is 0 Å². The number of hydrogen-bond acceptors (Lipinski definition) is 6. The molecule has 0 amide bonds. The molecule has 0 spiro atoms. The third-order valence-electron chi connectivity index (χ3n) is 4.28. The van der Waals surface area contributed by atoms with Crippen LogP contribution in [-0.4, -0.2) is 33.9 Å². The molecule has 30 heavy (non-hydrogen) atoms. The maximum atomic E-state index is 12.9. The average molecular weight is 413 g/mol. The Labute approximate surface area is 169 Å². The van der Waals surface area contributed by atoms with Crippen LogP contribution >= 0.6 is 0 Å². The topological polar surface area (TPSA) is 117 Å². The second-order valence-corrected chi connectivity index (χ2v) is 6.40. The van der Waals surface area contributed by atoms with Gasteiger partial charge in [-0.2, -0.15) is 18.3 Å². The molecule has 10 heteroatoms. The van der Waals surface area contributed by atoms with Gasteiger partial charge in [0.05, 0.1) is 5.52 Å². The molecule has 0 fully saturated rings. The van der Waals surface area contributed by atoms with Gasteiger partial charge in [-0.1, -0.05) is 6.07 Å². The summed E-state index contributed by atoms with van der Waals surface area (Å²) in [5, 5.41) is 20.1. The van der Waals surface area contributed by atoms with Crippen molar-refractivity contribution in [1.29, 1.82) is 10.8 Å². The highest BCUT2D eigenvalue weighted by Crippen LogP contribution is 2.26. The zero-order chi connectivity index (χ0) is 21.9. The summed E-state index contributed by atoms with van der Waals surface area (Å²) in [6.45, 7) is 0. The van der Waals surface area contributed by atoms with E-state index >= 15 is 0 Å². The molecular formula is C20H18F3N7. The number of hydrogen-bond donors (Lipinski definition) is 3. The van der Waals surface area contributed by atoms with Crippen LogP contribution in [0.15, 0.2) is 53.8 Å². The molecule has 0 aliphatic heterocycles. The van der Waals surface area contributed by atoms with E-state index in [9.17, 15) is 13.2 Å². The number of alkyl halides is 3. The molecule has 154 valence electrons. The van der Waals surface area contributed by atoms with Gasteiger partial charge in [0.2, 0.25) is 0 Å². The minimum absolute atomic E-state index is 0.0129. The second kappa shape index (κ2) is 8.27. The SMILES string of the molecule is CN=CC(=CN)c1cnc2ccc(CC(=N)n3nc(C(F)(F)F)ccc3=N)cc2c1. The minimum Gasteiger partial charge on any atom is -0.404 e. The maximum Gasteiger partial charge on any atom is 0.435 e. The summed E-state index contributed by atoms with van der Waals surface area (Å²) < 4.78 is 39.4. The van der Waals surface area contributed by atoms with Crippen LogP contribution in [0.1, 0.15) is 16.8 Å². The highest BCUT2D eigenvalue weighted by molar-refractivity contribution is 6.10. The Morgan fingerprint density at radius 1 is 1.23 bits per heavy atom. The van der Waals surface area contributed by atoms with Crippen molar-refractivity contribution in [2.75, 3.05) is 7.05 Å². The predicted molar refractivity (Wildman–Crippen MR) is 108 cm³/mol. The van der Waals surface area contributed by atoms with E-state index in [1.807, 2.05) is 6.07 Å². The van der Waals surface area contributed by atoms with Gasteiger partial charge < -0.3 is 5.73 Å². The first kappa shape index (κ1) is 20.9. The lowest BCUT2D eigenvalue weighted by Gasteiger charge is -2.12. The molecule has 3 rings (SSSR count). The Morgan fingerprint density at radius 2 is 2.00 bits per heavy atom. The van der Waals surface area contributed by atoms with Crippen LogP contribution in [0.4, 0.5) is 13.2 Å². The van der Waals surface area contributed by atoms with Crippen LogP contribution in [0.5, 0.6) is 0 Å². The van der Waals surface area contributed by atoms with E-state index < -0.39 is 11.9 Å². The molecule has 0 atom stereocenters. The van der Waals surface area contributed by atoms with Crippen molar-refractivity contribution in [3.8, 4) is 0 Å². The van der Waals surface area contributed by atoms with Crippen LogP contribution < -0.4 is 11.2 Å². The number of aliphatic imine (C=N–C) groups is 1. The van der Waals surface area contributed by atoms with Crippen molar-refractivity contribution < 1.29 is 13.2 Å². The summed E-state index contributed by atoms with van der Waals surface area (Å²) in [6.07, 6.45) is 0.0200. The quantitative estimate of drug-likeness (QED) is 0.451. The molecule has 0 radical (unpaired) electrons. The normalized spacial score (nSPS) is 12.6. The number of halogens is 3. The number of allylic oxidation sites excluding steroid dienone is 1. The average Bonchev–Trinajstić information content (AvgIpc) is 2.70. The van der Waals surface area contributed by atoms with Gasteiger partial charge in [0.1, 0.15) is 11.3 Å². The number of aromatic nitrogens is 3. The lowest BCUT2D eigenvalue weighted by atomic mass is 10.0. The standard InChI is InChI=1S/C20H18F3N7/c1-27-10-15(9-24)14-8-13-6-12(2-3-16(13)28-11-14)7-19(26)30-18(25)5-4-17(29-30)20(21,22)23/h2-6,8-11,25-26H,7,24H2,1H3. The Balaban J connectivity index is 1.94. The molecule has 0 aliphatic rings. The van der Waals surface area contributed by atoms with Crippen LogP contribution in [-0.2, 0) is 12.6 Å². The minimum atomic E-state index is -4.66. The first-order valence-corrected chi connectivity index (χ1v) is 8.76. The maximum absolute atomic E-state index is 12.9. The number of nitrogens with zero attached hydrogens (tertiary/aromatic N) is 4. The highest BCUT2D eigenvalue weighted by Gasteiger charge is 2.33. The monoisotopic (exact) mass is 413 g/mol. The highest BCUT2D eigenvalue weighted by atomic mass is 19.4. The van der Waals surface area contributed by atoms with E-state index in [-0.39, 0.29) is 17.7 Å². The molecule has 2 heterocycles. The Bertz CT molecular complexity index is 1220. The van der Waals surface area contributed by atoms with Gasteiger partial charge in [-0.05, 0) is 35.9 Å². The van der Waals surface area contributed by atoms with E-state index in [1.54, 1.807) is 37.7 Å². The lowest BCUT2D eigenvalue weighted by Crippen LogP contribution is -2.32. The smallest absolute Gasteiger partial charge is 0.404 e. The molecule has 1 aromatic carbocycles. The zero-order valence-electron chi connectivity index (χ0n) is 15.9.